The van der Waals surface area contributed by atoms with Crippen LogP contribution in [0.15, 0.2) is 36.4 Å². The molecule has 182 valence electrons. The minimum Gasteiger partial charge on any atom is -0.354 e. The second-order valence-corrected chi connectivity index (χ2v) is 9.69. The third-order valence-electron chi connectivity index (χ3n) is 6.61. The van der Waals surface area contributed by atoms with Crippen molar-refractivity contribution in [2.24, 2.45) is 5.92 Å². The smallest absolute Gasteiger partial charge is 0.275 e. The molecule has 1 aromatic heterocycles. The lowest BCUT2D eigenvalue weighted by molar-refractivity contribution is -0.126. The van der Waals surface area contributed by atoms with Gasteiger partial charge in [-0.2, -0.15) is 5.10 Å². The molecular weight excluding hydrogens is 430 g/mol. The van der Waals surface area contributed by atoms with E-state index >= 15 is 0 Å². The van der Waals surface area contributed by atoms with Crippen molar-refractivity contribution in [3.8, 4) is 0 Å². The molecule has 2 aliphatic rings. The van der Waals surface area contributed by atoms with Crippen LogP contribution in [0.3, 0.4) is 0 Å². The first-order valence-corrected chi connectivity index (χ1v) is 12.4. The Labute approximate surface area is 201 Å². The summed E-state index contributed by atoms with van der Waals surface area (Å²) in [5.41, 5.74) is 1.75. The third kappa shape index (κ3) is 5.48. The van der Waals surface area contributed by atoms with Gasteiger partial charge in [-0.25, -0.2) is 0 Å². The van der Waals surface area contributed by atoms with E-state index in [0.717, 1.165) is 31.2 Å². The summed E-state index contributed by atoms with van der Waals surface area (Å²) in [6, 6.07) is 11.0. The van der Waals surface area contributed by atoms with Gasteiger partial charge in [0.05, 0.1) is 0 Å². The summed E-state index contributed by atoms with van der Waals surface area (Å²) in [6.07, 6.45) is 4.10. The monoisotopic (exact) mass is 465 g/mol. The highest BCUT2D eigenvalue weighted by Crippen LogP contribution is 2.22. The Morgan fingerprint density at radius 1 is 1.09 bits per heavy atom. The maximum atomic E-state index is 13.4. The fourth-order valence-electron chi connectivity index (χ4n) is 4.69. The van der Waals surface area contributed by atoms with E-state index < -0.39 is 6.04 Å². The van der Waals surface area contributed by atoms with E-state index in [-0.39, 0.29) is 23.4 Å². The number of carbonyl (C=O) groups excluding carboxylic acids is 3. The number of nitrogens with one attached hydrogen (secondary N) is 1. The van der Waals surface area contributed by atoms with Gasteiger partial charge < -0.3 is 15.1 Å². The lowest BCUT2D eigenvalue weighted by Gasteiger charge is -2.34. The number of rotatable bonds is 7. The zero-order valence-corrected chi connectivity index (χ0v) is 20.2. The van der Waals surface area contributed by atoms with Crippen molar-refractivity contribution in [1.29, 1.82) is 0 Å². The summed E-state index contributed by atoms with van der Waals surface area (Å²) in [5, 5.41) is 7.50. The summed E-state index contributed by atoms with van der Waals surface area (Å²) >= 11 is 0. The number of benzene rings is 1. The number of carbonyl (C=O) groups is 3. The van der Waals surface area contributed by atoms with Gasteiger partial charge in [0.2, 0.25) is 5.91 Å². The molecule has 1 fully saturated rings. The standard InChI is InChI=1S/C26H35N5O3/c1-19(2)12-13-27-24(32)22-11-6-7-15-30(22)25(33)21-17-23-26(34)29(14-8-16-31(23)28-21)18-20-9-4-3-5-10-20/h3-5,9-10,17,19,22H,6-8,11-16,18H2,1-2H3,(H,27,32)/t22-/m0/s1. The fraction of sp³-hybridized carbons (Fsp3) is 0.538. The van der Waals surface area contributed by atoms with Gasteiger partial charge in [0.15, 0.2) is 5.69 Å². The summed E-state index contributed by atoms with van der Waals surface area (Å²) in [7, 11) is 0. The van der Waals surface area contributed by atoms with Crippen molar-refractivity contribution < 1.29 is 14.4 Å². The first kappa shape index (κ1) is 24.0. The molecule has 3 amide bonds. The summed E-state index contributed by atoms with van der Waals surface area (Å²) < 4.78 is 1.65. The van der Waals surface area contributed by atoms with Gasteiger partial charge in [0, 0.05) is 38.8 Å². The highest BCUT2D eigenvalue weighted by Gasteiger charge is 2.35. The van der Waals surface area contributed by atoms with Gasteiger partial charge in [-0.1, -0.05) is 44.2 Å². The average molecular weight is 466 g/mol. The first-order chi connectivity index (χ1) is 16.4. The second-order valence-electron chi connectivity index (χ2n) is 9.69. The zero-order valence-electron chi connectivity index (χ0n) is 20.2. The molecule has 4 rings (SSSR count). The summed E-state index contributed by atoms with van der Waals surface area (Å²) in [6.45, 7) is 7.13. The third-order valence-corrected chi connectivity index (χ3v) is 6.61. The van der Waals surface area contributed by atoms with Gasteiger partial charge in [-0.15, -0.1) is 0 Å². The maximum absolute atomic E-state index is 13.4. The largest absolute Gasteiger partial charge is 0.354 e. The van der Waals surface area contributed by atoms with Crippen LogP contribution in [0.4, 0.5) is 0 Å². The van der Waals surface area contributed by atoms with Crippen molar-refractivity contribution in [2.45, 2.75) is 65.1 Å². The molecule has 0 aliphatic carbocycles. The number of nitrogens with zero attached hydrogens (tertiary/aromatic N) is 4. The number of piperidine rings is 1. The molecule has 1 atom stereocenters. The van der Waals surface area contributed by atoms with Crippen LogP contribution in [-0.4, -0.2) is 63.0 Å². The summed E-state index contributed by atoms with van der Waals surface area (Å²) in [4.78, 5) is 43.0. The molecule has 1 saturated heterocycles. The van der Waals surface area contributed by atoms with Crippen molar-refractivity contribution >= 4 is 17.7 Å². The zero-order chi connectivity index (χ0) is 24.1. The molecule has 1 aromatic carbocycles. The molecule has 0 bridgehead atoms. The fourth-order valence-corrected chi connectivity index (χ4v) is 4.69. The van der Waals surface area contributed by atoms with Gasteiger partial charge >= 0.3 is 0 Å². The SMILES string of the molecule is CC(C)CCNC(=O)[C@@H]1CCCCN1C(=O)c1cc2n(n1)CCCN(Cc1ccccc1)C2=O. The van der Waals surface area contributed by atoms with E-state index in [1.165, 1.54) is 0 Å². The maximum Gasteiger partial charge on any atom is 0.275 e. The van der Waals surface area contributed by atoms with Crippen LogP contribution < -0.4 is 5.32 Å². The number of hydrogen-bond donors (Lipinski definition) is 1. The minimum atomic E-state index is -0.486. The molecule has 0 radical (unpaired) electrons. The van der Waals surface area contributed by atoms with Gasteiger partial charge in [0.25, 0.3) is 11.8 Å². The van der Waals surface area contributed by atoms with Crippen LogP contribution in [-0.2, 0) is 17.9 Å². The van der Waals surface area contributed by atoms with Crippen LogP contribution in [0.5, 0.6) is 0 Å². The van der Waals surface area contributed by atoms with Crippen LogP contribution in [0.25, 0.3) is 0 Å². The van der Waals surface area contributed by atoms with E-state index in [0.29, 0.717) is 50.8 Å². The van der Waals surface area contributed by atoms with Crippen LogP contribution in [0, 0.1) is 5.92 Å². The van der Waals surface area contributed by atoms with E-state index in [9.17, 15) is 14.4 Å². The lowest BCUT2D eigenvalue weighted by atomic mass is 10.0. The molecule has 1 N–H and O–H groups in total. The van der Waals surface area contributed by atoms with E-state index in [1.54, 1.807) is 15.6 Å². The molecule has 8 heteroatoms. The molecule has 2 aromatic rings. The van der Waals surface area contributed by atoms with Gasteiger partial charge in [-0.3, -0.25) is 19.1 Å². The molecule has 8 nitrogen and oxygen atoms in total. The van der Waals surface area contributed by atoms with Crippen molar-refractivity contribution in [3.63, 3.8) is 0 Å². The van der Waals surface area contributed by atoms with Crippen LogP contribution >= 0.6 is 0 Å². The number of likely N-dealkylation sites (tertiary alicyclic amines) is 1. The Morgan fingerprint density at radius 3 is 2.65 bits per heavy atom. The summed E-state index contributed by atoms with van der Waals surface area (Å²) in [5.74, 6) is 0.0186. The molecule has 34 heavy (non-hydrogen) atoms. The predicted octanol–water partition coefficient (Wildman–Crippen LogP) is 3.09. The minimum absolute atomic E-state index is 0.0976. The molecule has 2 aliphatic heterocycles. The second kappa shape index (κ2) is 10.8. The number of aromatic nitrogens is 2. The first-order valence-electron chi connectivity index (χ1n) is 12.4. The van der Waals surface area contributed by atoms with Crippen molar-refractivity contribution in [2.75, 3.05) is 19.6 Å². The molecule has 0 spiro atoms. The average Bonchev–Trinajstić information content (AvgIpc) is 3.21. The number of aryl methyl sites for hydroxylation is 1. The van der Waals surface area contributed by atoms with Crippen molar-refractivity contribution in [3.05, 3.63) is 53.3 Å². The molecule has 0 saturated carbocycles. The quantitative estimate of drug-likeness (QED) is 0.681. The molecule has 0 unspecified atom stereocenters. The Balaban J connectivity index is 1.48. The topological polar surface area (TPSA) is 87.5 Å². The van der Waals surface area contributed by atoms with Crippen molar-refractivity contribution in [1.82, 2.24) is 24.9 Å². The Bertz CT molecular complexity index is 1020. The Hall–Kier alpha value is -3.16. The normalized spacial score (nSPS) is 18.6. The highest BCUT2D eigenvalue weighted by molar-refractivity contribution is 5.99. The van der Waals surface area contributed by atoms with E-state index in [1.807, 2.05) is 35.2 Å². The number of fused-ring (bicyclic) bond motifs is 1. The number of hydrogen-bond acceptors (Lipinski definition) is 4. The Morgan fingerprint density at radius 2 is 1.88 bits per heavy atom. The highest BCUT2D eigenvalue weighted by atomic mass is 16.2. The number of amides is 3. The molecular formula is C26H35N5O3. The Kier molecular flexibility index (Phi) is 7.65. The van der Waals surface area contributed by atoms with Crippen LogP contribution in [0.1, 0.15) is 72.5 Å². The van der Waals surface area contributed by atoms with Gasteiger partial charge in [0.1, 0.15) is 11.7 Å². The lowest BCUT2D eigenvalue weighted by Crippen LogP contribution is -2.52. The van der Waals surface area contributed by atoms with E-state index in [2.05, 4.69) is 24.3 Å². The van der Waals surface area contributed by atoms with Crippen LogP contribution in [0.2, 0.25) is 0 Å². The van der Waals surface area contributed by atoms with Gasteiger partial charge in [-0.05, 0) is 43.6 Å². The predicted molar refractivity (Wildman–Crippen MR) is 129 cm³/mol. The molecule has 3 heterocycles. The van der Waals surface area contributed by atoms with E-state index in [4.69, 9.17) is 0 Å².